The number of methoxy groups -OCH3 is 1. The first kappa shape index (κ1) is 17.5. The number of hydrogen-bond acceptors (Lipinski definition) is 3. The zero-order valence-corrected chi connectivity index (χ0v) is 14.4. The lowest BCUT2D eigenvalue weighted by atomic mass is 9.72. The van der Waals surface area contributed by atoms with E-state index in [1.165, 1.54) is 25.7 Å². The van der Waals surface area contributed by atoms with Gasteiger partial charge >= 0.3 is 6.03 Å². The molecule has 1 aliphatic heterocycles. The molecule has 2 atom stereocenters. The Hall–Kier alpha value is -0.810. The van der Waals surface area contributed by atoms with Gasteiger partial charge in [-0.1, -0.05) is 20.3 Å². The van der Waals surface area contributed by atoms with Crippen molar-refractivity contribution >= 4 is 6.03 Å². The van der Waals surface area contributed by atoms with Gasteiger partial charge in [-0.3, -0.25) is 0 Å². The maximum absolute atomic E-state index is 12.3. The van der Waals surface area contributed by atoms with Crippen molar-refractivity contribution in [3.63, 3.8) is 0 Å². The Balaban J connectivity index is 1.72. The zero-order valence-electron chi connectivity index (χ0n) is 14.4. The van der Waals surface area contributed by atoms with Gasteiger partial charge in [-0.15, -0.1) is 0 Å². The van der Waals surface area contributed by atoms with Crippen LogP contribution in [0.4, 0.5) is 4.79 Å². The molecule has 1 saturated heterocycles. The van der Waals surface area contributed by atoms with Crippen molar-refractivity contribution in [1.29, 1.82) is 0 Å². The Bertz CT molecular complexity index is 360. The van der Waals surface area contributed by atoms with Gasteiger partial charge in [0.2, 0.25) is 0 Å². The number of nitrogens with zero attached hydrogens (tertiary/aromatic N) is 1. The summed E-state index contributed by atoms with van der Waals surface area (Å²) in [5.41, 5.74) is 0.428. The number of carbonyl (C=O) groups excluding carboxylic acids is 1. The number of amides is 2. The molecule has 0 radical (unpaired) electrons. The SMILES string of the molecule is COCCC1CN(C(=O)NCC2CCCC(C)(C)C2)CCO1. The van der Waals surface area contributed by atoms with Gasteiger partial charge in [0.1, 0.15) is 0 Å². The van der Waals surface area contributed by atoms with Gasteiger partial charge in [-0.05, 0) is 37.0 Å². The number of carbonyl (C=O) groups is 1. The molecule has 0 bridgehead atoms. The van der Waals surface area contributed by atoms with Crippen molar-refractivity contribution in [2.24, 2.45) is 11.3 Å². The van der Waals surface area contributed by atoms with Gasteiger partial charge in [-0.25, -0.2) is 4.79 Å². The first-order valence-electron chi connectivity index (χ1n) is 8.63. The van der Waals surface area contributed by atoms with Gasteiger partial charge in [0, 0.05) is 33.4 Å². The standard InChI is InChI=1S/C17H32N2O3/c1-17(2)7-4-5-14(11-17)12-18-16(20)19-8-10-22-15(13-19)6-9-21-3/h14-15H,4-13H2,1-3H3,(H,18,20). The largest absolute Gasteiger partial charge is 0.385 e. The average molecular weight is 312 g/mol. The van der Waals surface area contributed by atoms with Crippen LogP contribution in [0.2, 0.25) is 0 Å². The monoisotopic (exact) mass is 312 g/mol. The third-order valence-corrected chi connectivity index (χ3v) is 4.92. The van der Waals surface area contributed by atoms with Crippen LogP contribution in [0.1, 0.15) is 46.0 Å². The molecular weight excluding hydrogens is 280 g/mol. The van der Waals surface area contributed by atoms with Crippen LogP contribution in [0.5, 0.6) is 0 Å². The maximum Gasteiger partial charge on any atom is 0.317 e. The first-order valence-corrected chi connectivity index (χ1v) is 8.63. The van der Waals surface area contributed by atoms with Crippen molar-refractivity contribution < 1.29 is 14.3 Å². The van der Waals surface area contributed by atoms with E-state index in [1.54, 1.807) is 7.11 Å². The van der Waals surface area contributed by atoms with Crippen molar-refractivity contribution in [3.8, 4) is 0 Å². The highest BCUT2D eigenvalue weighted by Gasteiger charge is 2.29. The van der Waals surface area contributed by atoms with Crippen molar-refractivity contribution in [3.05, 3.63) is 0 Å². The predicted molar refractivity (Wildman–Crippen MR) is 86.9 cm³/mol. The Labute approximate surface area is 134 Å². The molecule has 22 heavy (non-hydrogen) atoms. The summed E-state index contributed by atoms with van der Waals surface area (Å²) in [6.45, 7) is 8.14. The van der Waals surface area contributed by atoms with Crippen LogP contribution in [0.15, 0.2) is 0 Å². The molecule has 1 N–H and O–H groups in total. The second-order valence-corrected chi connectivity index (χ2v) is 7.53. The summed E-state index contributed by atoms with van der Waals surface area (Å²) in [4.78, 5) is 14.2. The van der Waals surface area contributed by atoms with E-state index in [0.717, 1.165) is 13.0 Å². The lowest BCUT2D eigenvalue weighted by Gasteiger charge is -2.36. The zero-order chi connectivity index (χ0) is 16.0. The Morgan fingerprint density at radius 1 is 1.45 bits per heavy atom. The molecule has 1 saturated carbocycles. The fourth-order valence-corrected chi connectivity index (χ4v) is 3.70. The van der Waals surface area contributed by atoms with Crippen LogP contribution in [0.25, 0.3) is 0 Å². The molecule has 2 rings (SSSR count). The number of nitrogens with one attached hydrogen (secondary N) is 1. The highest BCUT2D eigenvalue weighted by Crippen LogP contribution is 2.38. The second kappa shape index (κ2) is 8.16. The van der Waals surface area contributed by atoms with Gasteiger partial charge < -0.3 is 19.7 Å². The van der Waals surface area contributed by atoms with Crippen LogP contribution < -0.4 is 5.32 Å². The summed E-state index contributed by atoms with van der Waals surface area (Å²) in [7, 11) is 1.69. The number of hydrogen-bond donors (Lipinski definition) is 1. The molecule has 2 amide bonds. The lowest BCUT2D eigenvalue weighted by Crippen LogP contribution is -2.50. The normalized spacial score (nSPS) is 28.4. The Kier molecular flexibility index (Phi) is 6.50. The van der Waals surface area contributed by atoms with Crippen LogP contribution in [-0.2, 0) is 9.47 Å². The van der Waals surface area contributed by atoms with Gasteiger partial charge in [0.15, 0.2) is 0 Å². The molecule has 2 fully saturated rings. The van der Waals surface area contributed by atoms with Crippen LogP contribution in [-0.4, -0.2) is 57.0 Å². The van der Waals surface area contributed by atoms with E-state index in [9.17, 15) is 4.79 Å². The maximum atomic E-state index is 12.3. The lowest BCUT2D eigenvalue weighted by molar-refractivity contribution is -0.0278. The van der Waals surface area contributed by atoms with Gasteiger partial charge in [0.05, 0.1) is 12.7 Å². The minimum atomic E-state index is 0.0640. The molecule has 128 valence electrons. The molecule has 0 aromatic heterocycles. The number of ether oxygens (including phenoxy) is 2. The molecule has 0 spiro atoms. The second-order valence-electron chi connectivity index (χ2n) is 7.53. The van der Waals surface area contributed by atoms with E-state index in [4.69, 9.17) is 9.47 Å². The van der Waals surface area contributed by atoms with E-state index < -0.39 is 0 Å². The molecule has 0 aromatic rings. The van der Waals surface area contributed by atoms with Crippen LogP contribution in [0.3, 0.4) is 0 Å². The predicted octanol–water partition coefficient (Wildman–Crippen LogP) is 2.65. The third-order valence-electron chi connectivity index (χ3n) is 4.92. The molecule has 1 heterocycles. The Morgan fingerprint density at radius 3 is 3.00 bits per heavy atom. The van der Waals surface area contributed by atoms with Crippen LogP contribution >= 0.6 is 0 Å². The minimum Gasteiger partial charge on any atom is -0.385 e. The molecule has 5 heteroatoms. The summed E-state index contributed by atoms with van der Waals surface area (Å²) in [5.74, 6) is 0.623. The molecule has 2 unspecified atom stereocenters. The van der Waals surface area contributed by atoms with E-state index >= 15 is 0 Å². The number of morpholine rings is 1. The highest BCUT2D eigenvalue weighted by molar-refractivity contribution is 5.74. The topological polar surface area (TPSA) is 50.8 Å². The van der Waals surface area contributed by atoms with Gasteiger partial charge in [0.25, 0.3) is 0 Å². The van der Waals surface area contributed by atoms with Gasteiger partial charge in [-0.2, -0.15) is 0 Å². The quantitative estimate of drug-likeness (QED) is 0.849. The summed E-state index contributed by atoms with van der Waals surface area (Å²) in [6.07, 6.45) is 5.99. The van der Waals surface area contributed by atoms with E-state index in [2.05, 4.69) is 19.2 Å². The molecule has 1 aliphatic carbocycles. The Morgan fingerprint density at radius 2 is 2.27 bits per heavy atom. The first-order chi connectivity index (χ1) is 10.5. The van der Waals surface area contributed by atoms with Crippen molar-refractivity contribution in [2.75, 3.05) is 40.0 Å². The summed E-state index contributed by atoms with van der Waals surface area (Å²) < 4.78 is 10.8. The molecule has 5 nitrogen and oxygen atoms in total. The highest BCUT2D eigenvalue weighted by atomic mass is 16.5. The molecule has 0 aromatic carbocycles. The fraction of sp³-hybridized carbons (Fsp3) is 0.941. The van der Waals surface area contributed by atoms with Crippen LogP contribution in [0, 0.1) is 11.3 Å². The third kappa shape index (κ3) is 5.43. The number of rotatable bonds is 5. The van der Waals surface area contributed by atoms with Crippen molar-refractivity contribution in [1.82, 2.24) is 10.2 Å². The van der Waals surface area contributed by atoms with Crippen molar-refractivity contribution in [2.45, 2.75) is 52.1 Å². The summed E-state index contributed by atoms with van der Waals surface area (Å²) in [5, 5.41) is 3.14. The van der Waals surface area contributed by atoms with E-state index in [0.29, 0.717) is 37.6 Å². The van der Waals surface area contributed by atoms with E-state index in [-0.39, 0.29) is 12.1 Å². The minimum absolute atomic E-state index is 0.0640. The van der Waals surface area contributed by atoms with E-state index in [1.807, 2.05) is 4.90 Å². The molecule has 2 aliphatic rings. The molecular formula is C17H32N2O3. The number of urea groups is 1. The average Bonchev–Trinajstić information content (AvgIpc) is 2.50. The summed E-state index contributed by atoms with van der Waals surface area (Å²) in [6, 6.07) is 0.0640. The smallest absolute Gasteiger partial charge is 0.317 e. The fourth-order valence-electron chi connectivity index (χ4n) is 3.70. The summed E-state index contributed by atoms with van der Waals surface area (Å²) >= 11 is 0.